The van der Waals surface area contributed by atoms with E-state index < -0.39 is 0 Å². The second-order valence-electron chi connectivity index (χ2n) is 7.29. The molecule has 7 heteroatoms. The largest absolute Gasteiger partial charge is 0.508 e. The number of amides is 2. The minimum Gasteiger partial charge on any atom is -0.508 e. The van der Waals surface area contributed by atoms with Crippen molar-refractivity contribution < 1.29 is 19.8 Å². The van der Waals surface area contributed by atoms with Crippen LogP contribution in [0.1, 0.15) is 20.7 Å². The molecule has 0 unspecified atom stereocenters. The molecule has 4 rings (SSSR count). The number of carbonyl (C=O) groups excluding carboxylic acids is 2. The van der Waals surface area contributed by atoms with Crippen molar-refractivity contribution in [3.63, 3.8) is 0 Å². The molecule has 0 aliphatic heterocycles. The quantitative estimate of drug-likeness (QED) is 0.278. The van der Waals surface area contributed by atoms with Gasteiger partial charge in [-0.2, -0.15) is 0 Å². The van der Waals surface area contributed by atoms with E-state index in [1.165, 1.54) is 24.3 Å². The predicted octanol–water partition coefficient (Wildman–Crippen LogP) is 5.35. The average Bonchev–Trinajstić information content (AvgIpc) is 2.81. The zero-order chi connectivity index (χ0) is 23.2. The summed E-state index contributed by atoms with van der Waals surface area (Å²) in [6.07, 6.45) is 0. The number of carbonyl (C=O) groups is 2. The predicted molar refractivity (Wildman–Crippen MR) is 128 cm³/mol. The first-order chi connectivity index (χ1) is 16.0. The first-order valence-electron chi connectivity index (χ1n) is 10.1. The summed E-state index contributed by atoms with van der Waals surface area (Å²) in [6.45, 7) is 0. The van der Waals surface area contributed by atoms with Crippen LogP contribution in [0.2, 0.25) is 0 Å². The Morgan fingerprint density at radius 2 is 0.879 bits per heavy atom. The summed E-state index contributed by atoms with van der Waals surface area (Å²) in [5.74, 6) is -0.552. The Kier molecular flexibility index (Phi) is 6.22. The van der Waals surface area contributed by atoms with Crippen molar-refractivity contribution in [1.82, 2.24) is 0 Å². The minimum atomic E-state index is -0.310. The fourth-order valence-electron chi connectivity index (χ4n) is 3.14. The molecule has 0 atom stereocenters. The third-order valence-corrected chi connectivity index (χ3v) is 4.79. The highest BCUT2D eigenvalue weighted by Gasteiger charge is 2.08. The molecule has 0 fully saturated rings. The number of benzene rings is 4. The van der Waals surface area contributed by atoms with Gasteiger partial charge in [-0.15, -0.1) is 0 Å². The summed E-state index contributed by atoms with van der Waals surface area (Å²) < 4.78 is 0. The Bertz CT molecular complexity index is 1180. The second kappa shape index (κ2) is 9.57. The third-order valence-electron chi connectivity index (χ3n) is 4.79. The van der Waals surface area contributed by atoms with Gasteiger partial charge in [-0.25, -0.2) is 0 Å². The van der Waals surface area contributed by atoms with Crippen LogP contribution in [-0.2, 0) is 0 Å². The lowest BCUT2D eigenvalue weighted by Crippen LogP contribution is -2.11. The Labute approximate surface area is 190 Å². The lowest BCUT2D eigenvalue weighted by molar-refractivity contribution is 0.101. The molecule has 0 heterocycles. The molecule has 5 N–H and O–H groups in total. The summed E-state index contributed by atoms with van der Waals surface area (Å²) in [5.41, 5.74) is 3.63. The number of hydrogen-bond donors (Lipinski definition) is 5. The molecule has 0 radical (unpaired) electrons. The number of phenols is 2. The van der Waals surface area contributed by atoms with Gasteiger partial charge in [0.2, 0.25) is 0 Å². The zero-order valence-electron chi connectivity index (χ0n) is 17.4. The van der Waals surface area contributed by atoms with Crippen LogP contribution in [0.15, 0.2) is 97.1 Å². The Hall–Kier alpha value is -4.78. The number of hydrogen-bond acceptors (Lipinski definition) is 5. The van der Waals surface area contributed by atoms with Gasteiger partial charge in [0.25, 0.3) is 11.8 Å². The molecule has 0 spiro atoms. The zero-order valence-corrected chi connectivity index (χ0v) is 17.4. The number of nitrogens with one attached hydrogen (secondary N) is 3. The topological polar surface area (TPSA) is 111 Å². The lowest BCUT2D eigenvalue weighted by Gasteiger charge is -2.10. The number of phenolic OH excluding ortho intramolecular Hbond substituents is 2. The minimum absolute atomic E-state index is 0.0344. The van der Waals surface area contributed by atoms with Gasteiger partial charge in [-0.3, -0.25) is 9.59 Å². The lowest BCUT2D eigenvalue weighted by atomic mass is 10.2. The molecule has 0 bridgehead atoms. The van der Waals surface area contributed by atoms with Crippen LogP contribution in [0.3, 0.4) is 0 Å². The number of anilines is 4. The summed E-state index contributed by atoms with van der Waals surface area (Å²) in [4.78, 5) is 24.6. The molecule has 4 aromatic rings. The van der Waals surface area contributed by atoms with Crippen molar-refractivity contribution in [2.75, 3.05) is 16.0 Å². The smallest absolute Gasteiger partial charge is 0.255 e. The number of rotatable bonds is 6. The fourth-order valence-corrected chi connectivity index (χ4v) is 3.14. The normalized spacial score (nSPS) is 10.3. The number of aromatic hydroxyl groups is 2. The average molecular weight is 439 g/mol. The summed E-state index contributed by atoms with van der Waals surface area (Å²) in [6, 6.07) is 26.7. The van der Waals surface area contributed by atoms with Crippen LogP contribution in [0, 0.1) is 0 Å². The fraction of sp³-hybridized carbons (Fsp3) is 0. The summed E-state index contributed by atoms with van der Waals surface area (Å²) >= 11 is 0. The molecular formula is C26H21N3O4. The van der Waals surface area contributed by atoms with Gasteiger partial charge in [-0.1, -0.05) is 12.1 Å². The van der Waals surface area contributed by atoms with Crippen molar-refractivity contribution in [2.45, 2.75) is 0 Å². The molecule has 7 nitrogen and oxygen atoms in total. The van der Waals surface area contributed by atoms with Gasteiger partial charge in [0.05, 0.1) is 0 Å². The molecule has 164 valence electrons. The highest BCUT2D eigenvalue weighted by molar-refractivity contribution is 6.05. The van der Waals surface area contributed by atoms with Crippen LogP contribution in [0.25, 0.3) is 0 Å². The van der Waals surface area contributed by atoms with Crippen LogP contribution in [-0.4, -0.2) is 22.0 Å². The highest BCUT2D eigenvalue weighted by Crippen LogP contribution is 2.22. The maximum absolute atomic E-state index is 12.3. The van der Waals surface area contributed by atoms with Crippen molar-refractivity contribution in [3.05, 3.63) is 108 Å². The van der Waals surface area contributed by atoms with Crippen LogP contribution >= 0.6 is 0 Å². The van der Waals surface area contributed by atoms with E-state index in [2.05, 4.69) is 16.0 Å². The standard InChI is InChI=1S/C26H21N3O4/c30-23-5-1-3-17(15-23)25(32)28-21-11-7-19(8-12-21)27-20-9-13-22(14-10-20)29-26(33)18-4-2-6-24(31)16-18/h1-16,27,30-31H,(H,28,32)(H,29,33). The Morgan fingerprint density at radius 3 is 1.24 bits per heavy atom. The van der Waals surface area contributed by atoms with E-state index in [0.29, 0.717) is 22.5 Å². The molecule has 0 aliphatic carbocycles. The van der Waals surface area contributed by atoms with E-state index in [1.807, 2.05) is 24.3 Å². The molecule has 4 aromatic carbocycles. The van der Waals surface area contributed by atoms with Crippen molar-refractivity contribution in [1.29, 1.82) is 0 Å². The van der Waals surface area contributed by atoms with Crippen molar-refractivity contribution in [3.8, 4) is 11.5 Å². The maximum atomic E-state index is 12.3. The van der Waals surface area contributed by atoms with E-state index in [-0.39, 0.29) is 23.3 Å². The van der Waals surface area contributed by atoms with Crippen molar-refractivity contribution in [2.24, 2.45) is 0 Å². The second-order valence-corrected chi connectivity index (χ2v) is 7.29. The molecule has 0 aromatic heterocycles. The first kappa shape index (κ1) is 21.5. The van der Waals surface area contributed by atoms with E-state index >= 15 is 0 Å². The van der Waals surface area contributed by atoms with Gasteiger partial charge in [0, 0.05) is 33.9 Å². The Balaban J connectivity index is 1.34. The molecule has 33 heavy (non-hydrogen) atoms. The molecule has 0 aliphatic rings. The molecule has 0 saturated heterocycles. The van der Waals surface area contributed by atoms with E-state index in [4.69, 9.17) is 0 Å². The SMILES string of the molecule is O=C(Nc1ccc(Nc2ccc(NC(=O)c3cccc(O)c3)cc2)cc1)c1cccc(O)c1. The maximum Gasteiger partial charge on any atom is 0.255 e. The molecule has 2 amide bonds. The summed E-state index contributed by atoms with van der Waals surface area (Å²) in [5, 5.41) is 27.8. The Morgan fingerprint density at radius 1 is 0.515 bits per heavy atom. The summed E-state index contributed by atoms with van der Waals surface area (Å²) in [7, 11) is 0. The van der Waals surface area contributed by atoms with Crippen LogP contribution < -0.4 is 16.0 Å². The molecule has 0 saturated carbocycles. The van der Waals surface area contributed by atoms with Gasteiger partial charge in [-0.05, 0) is 84.9 Å². The van der Waals surface area contributed by atoms with Gasteiger partial charge >= 0.3 is 0 Å². The molecular weight excluding hydrogens is 418 g/mol. The first-order valence-corrected chi connectivity index (χ1v) is 10.1. The van der Waals surface area contributed by atoms with Crippen LogP contribution in [0.5, 0.6) is 11.5 Å². The van der Waals surface area contributed by atoms with Crippen molar-refractivity contribution >= 4 is 34.6 Å². The van der Waals surface area contributed by atoms with E-state index in [0.717, 1.165) is 11.4 Å². The van der Waals surface area contributed by atoms with E-state index in [9.17, 15) is 19.8 Å². The third kappa shape index (κ3) is 5.68. The van der Waals surface area contributed by atoms with Crippen LogP contribution in [0.4, 0.5) is 22.7 Å². The monoisotopic (exact) mass is 439 g/mol. The van der Waals surface area contributed by atoms with Gasteiger partial charge in [0.15, 0.2) is 0 Å². The van der Waals surface area contributed by atoms with E-state index in [1.54, 1.807) is 48.5 Å². The van der Waals surface area contributed by atoms with Gasteiger partial charge < -0.3 is 26.2 Å². The van der Waals surface area contributed by atoms with Gasteiger partial charge in [0.1, 0.15) is 11.5 Å². The highest BCUT2D eigenvalue weighted by atomic mass is 16.3.